The molecule has 2 aliphatic rings. The van der Waals surface area contributed by atoms with E-state index >= 15 is 0 Å². The minimum atomic E-state index is -0.245. The fourth-order valence-electron chi connectivity index (χ4n) is 3.30. The van der Waals surface area contributed by atoms with Crippen LogP contribution >= 0.6 is 0 Å². The second-order valence-corrected chi connectivity index (χ2v) is 7.02. The van der Waals surface area contributed by atoms with E-state index < -0.39 is 0 Å². The first-order valence-corrected chi connectivity index (χ1v) is 9.24. The Kier molecular flexibility index (Phi) is 4.93. The lowest BCUT2D eigenvalue weighted by molar-refractivity contribution is 0.0915. The zero-order chi connectivity index (χ0) is 18.8. The summed E-state index contributed by atoms with van der Waals surface area (Å²) in [6, 6.07) is 1.64. The molecule has 2 aromatic rings. The highest BCUT2D eigenvalue weighted by atomic mass is 16.5. The van der Waals surface area contributed by atoms with Crippen LogP contribution < -0.4 is 10.6 Å². The van der Waals surface area contributed by atoms with E-state index in [2.05, 4.69) is 20.8 Å². The van der Waals surface area contributed by atoms with E-state index in [1.807, 2.05) is 4.57 Å². The summed E-state index contributed by atoms with van der Waals surface area (Å²) in [5.41, 5.74) is 0.809. The molecule has 2 amide bonds. The van der Waals surface area contributed by atoms with Gasteiger partial charge in [-0.3, -0.25) is 9.59 Å². The van der Waals surface area contributed by atoms with Crippen molar-refractivity contribution >= 4 is 11.8 Å². The number of rotatable bonds is 7. The molecule has 0 aromatic carbocycles. The van der Waals surface area contributed by atoms with E-state index in [0.29, 0.717) is 43.4 Å². The van der Waals surface area contributed by atoms with Crippen molar-refractivity contribution in [3.05, 3.63) is 35.2 Å². The van der Waals surface area contributed by atoms with Crippen molar-refractivity contribution in [2.24, 2.45) is 0 Å². The summed E-state index contributed by atoms with van der Waals surface area (Å²) in [7, 11) is 1.59. The Morgan fingerprint density at radius 3 is 2.96 bits per heavy atom. The fraction of sp³-hybridized carbons (Fsp3) is 0.556. The highest BCUT2D eigenvalue weighted by Crippen LogP contribution is 2.40. The molecule has 9 nitrogen and oxygen atoms in total. The average Bonchev–Trinajstić information content (AvgIpc) is 3.24. The van der Waals surface area contributed by atoms with Crippen LogP contribution in [0.1, 0.15) is 57.7 Å². The third kappa shape index (κ3) is 3.87. The Labute approximate surface area is 156 Å². The average molecular weight is 373 g/mol. The summed E-state index contributed by atoms with van der Waals surface area (Å²) in [5.74, 6) is 1.63. The molecule has 1 fully saturated rings. The molecule has 3 heterocycles. The first-order valence-electron chi connectivity index (χ1n) is 9.24. The van der Waals surface area contributed by atoms with Gasteiger partial charge in [0.2, 0.25) is 0 Å². The monoisotopic (exact) mass is 373 g/mol. The predicted octanol–water partition coefficient (Wildman–Crippen LogP) is 0.869. The smallest absolute Gasteiger partial charge is 0.273 e. The van der Waals surface area contributed by atoms with Crippen molar-refractivity contribution in [2.75, 3.05) is 20.3 Å². The fourth-order valence-corrected chi connectivity index (χ4v) is 3.30. The van der Waals surface area contributed by atoms with Crippen LogP contribution in [-0.2, 0) is 17.7 Å². The van der Waals surface area contributed by atoms with Crippen molar-refractivity contribution in [2.45, 2.75) is 44.2 Å². The molecule has 1 aliphatic carbocycles. The van der Waals surface area contributed by atoms with Crippen molar-refractivity contribution in [1.29, 1.82) is 0 Å². The Morgan fingerprint density at radius 2 is 2.19 bits per heavy atom. The summed E-state index contributed by atoms with van der Waals surface area (Å²) in [6.07, 6.45) is 5.24. The van der Waals surface area contributed by atoms with Gasteiger partial charge in [0, 0.05) is 44.6 Å². The lowest BCUT2D eigenvalue weighted by Gasteiger charge is -2.25. The zero-order valence-electron chi connectivity index (χ0n) is 15.2. The number of amides is 2. The molecule has 2 N–H and O–H groups in total. The van der Waals surface area contributed by atoms with Crippen molar-refractivity contribution in [3.8, 4) is 0 Å². The van der Waals surface area contributed by atoms with Gasteiger partial charge < -0.3 is 24.5 Å². The Morgan fingerprint density at radius 1 is 1.33 bits per heavy atom. The number of ether oxygens (including phenoxy) is 1. The van der Waals surface area contributed by atoms with Crippen LogP contribution in [0.25, 0.3) is 0 Å². The predicted molar refractivity (Wildman–Crippen MR) is 94.5 cm³/mol. The van der Waals surface area contributed by atoms with E-state index in [1.54, 1.807) is 19.4 Å². The Bertz CT molecular complexity index is 839. The van der Waals surface area contributed by atoms with Gasteiger partial charge in [-0.1, -0.05) is 5.16 Å². The maximum absolute atomic E-state index is 12.5. The second-order valence-electron chi connectivity index (χ2n) is 7.02. The number of fused-ring (bicyclic) bond motifs is 1. The first-order chi connectivity index (χ1) is 13.2. The van der Waals surface area contributed by atoms with Crippen LogP contribution in [0.5, 0.6) is 0 Å². The SMILES string of the molecule is COCCNC(=O)c1cnc2n1CC(NC(=O)c1cc(C3CC3)on1)CC2. The maximum atomic E-state index is 12.5. The molecule has 9 heteroatoms. The Hall–Kier alpha value is -2.68. The van der Waals surface area contributed by atoms with Crippen molar-refractivity contribution < 1.29 is 18.8 Å². The number of nitrogens with zero attached hydrogens (tertiary/aromatic N) is 3. The van der Waals surface area contributed by atoms with Gasteiger partial charge in [0.15, 0.2) is 5.69 Å². The van der Waals surface area contributed by atoms with E-state index in [9.17, 15) is 9.59 Å². The molecule has 1 atom stereocenters. The van der Waals surface area contributed by atoms with Gasteiger partial charge >= 0.3 is 0 Å². The van der Waals surface area contributed by atoms with Crippen LogP contribution in [-0.4, -0.2) is 52.8 Å². The van der Waals surface area contributed by atoms with Gasteiger partial charge in [0.05, 0.1) is 12.8 Å². The van der Waals surface area contributed by atoms with Gasteiger partial charge in [0.1, 0.15) is 17.3 Å². The third-order valence-electron chi connectivity index (χ3n) is 4.96. The molecule has 1 aliphatic heterocycles. The minimum absolute atomic E-state index is 0.0919. The Balaban J connectivity index is 1.39. The van der Waals surface area contributed by atoms with Gasteiger partial charge in [-0.2, -0.15) is 0 Å². The number of carbonyl (C=O) groups excluding carboxylic acids is 2. The molecular formula is C18H23N5O4. The summed E-state index contributed by atoms with van der Waals surface area (Å²) >= 11 is 0. The van der Waals surface area contributed by atoms with E-state index in [0.717, 1.165) is 30.8 Å². The first kappa shape index (κ1) is 17.7. The highest BCUT2D eigenvalue weighted by molar-refractivity contribution is 5.93. The number of imidazole rings is 1. The van der Waals surface area contributed by atoms with Crippen molar-refractivity contribution in [3.63, 3.8) is 0 Å². The number of aromatic nitrogens is 3. The summed E-state index contributed by atoms with van der Waals surface area (Å²) in [4.78, 5) is 29.1. The molecule has 2 aromatic heterocycles. The van der Waals surface area contributed by atoms with E-state index in [1.165, 1.54) is 0 Å². The molecule has 27 heavy (non-hydrogen) atoms. The summed E-state index contributed by atoms with van der Waals surface area (Å²) in [5, 5.41) is 9.68. The number of methoxy groups -OCH3 is 1. The third-order valence-corrected chi connectivity index (χ3v) is 4.96. The molecule has 1 unspecified atom stereocenters. The minimum Gasteiger partial charge on any atom is -0.383 e. The summed E-state index contributed by atoms with van der Waals surface area (Å²) < 4.78 is 12.1. The molecule has 144 valence electrons. The number of aryl methyl sites for hydroxylation is 1. The number of carbonyl (C=O) groups is 2. The second kappa shape index (κ2) is 7.51. The van der Waals surface area contributed by atoms with E-state index in [4.69, 9.17) is 9.26 Å². The molecule has 0 radical (unpaired) electrons. The number of nitrogens with one attached hydrogen (secondary N) is 2. The number of hydrogen-bond acceptors (Lipinski definition) is 6. The zero-order valence-corrected chi connectivity index (χ0v) is 15.2. The normalized spacial score (nSPS) is 18.8. The molecule has 1 saturated carbocycles. The van der Waals surface area contributed by atoms with Crippen LogP contribution in [0.15, 0.2) is 16.8 Å². The summed E-state index contributed by atoms with van der Waals surface area (Å²) in [6.45, 7) is 1.39. The standard InChI is InChI=1S/C18H23N5O4/c1-26-7-6-19-18(25)14-9-20-16-5-4-12(10-23(14)16)21-17(24)13-8-15(27-22-13)11-2-3-11/h8-9,11-12H,2-7,10H2,1H3,(H,19,25)(H,21,24). The topological polar surface area (TPSA) is 111 Å². The van der Waals surface area contributed by atoms with Crippen molar-refractivity contribution in [1.82, 2.24) is 25.3 Å². The maximum Gasteiger partial charge on any atom is 0.273 e. The number of hydrogen-bond donors (Lipinski definition) is 2. The molecule has 4 rings (SSSR count). The lowest BCUT2D eigenvalue weighted by Crippen LogP contribution is -2.42. The molecular weight excluding hydrogens is 350 g/mol. The van der Waals surface area contributed by atoms with E-state index in [-0.39, 0.29) is 17.9 Å². The largest absolute Gasteiger partial charge is 0.383 e. The van der Waals surface area contributed by atoms with Crippen LogP contribution in [0.4, 0.5) is 0 Å². The van der Waals surface area contributed by atoms with Gasteiger partial charge in [0.25, 0.3) is 11.8 Å². The lowest BCUT2D eigenvalue weighted by atomic mass is 10.1. The molecule has 0 bridgehead atoms. The van der Waals surface area contributed by atoms with Crippen LogP contribution in [0, 0.1) is 0 Å². The highest BCUT2D eigenvalue weighted by Gasteiger charge is 2.30. The van der Waals surface area contributed by atoms with Crippen LogP contribution in [0.2, 0.25) is 0 Å². The van der Waals surface area contributed by atoms with Gasteiger partial charge in [-0.25, -0.2) is 4.98 Å². The van der Waals surface area contributed by atoms with Crippen LogP contribution in [0.3, 0.4) is 0 Å². The van der Waals surface area contributed by atoms with Gasteiger partial charge in [-0.05, 0) is 19.3 Å². The quantitative estimate of drug-likeness (QED) is 0.697. The molecule has 0 spiro atoms. The molecule has 0 saturated heterocycles. The van der Waals surface area contributed by atoms with Gasteiger partial charge in [-0.15, -0.1) is 0 Å².